The summed E-state index contributed by atoms with van der Waals surface area (Å²) < 4.78 is 50.2. The number of benzene rings is 2. The van der Waals surface area contributed by atoms with Gasteiger partial charge >= 0.3 is 0 Å². The van der Waals surface area contributed by atoms with Gasteiger partial charge in [0.1, 0.15) is 0 Å². The van der Waals surface area contributed by atoms with E-state index in [1.165, 1.54) is 29.3 Å². The summed E-state index contributed by atoms with van der Waals surface area (Å²) in [5.74, 6) is -0.226. The molecule has 2 heterocycles. The molecule has 1 spiro atoms. The summed E-state index contributed by atoms with van der Waals surface area (Å²) in [6.07, 6.45) is 6.37. The Bertz CT molecular complexity index is 1340. The van der Waals surface area contributed by atoms with Crippen molar-refractivity contribution >= 4 is 42.8 Å². The number of hydrogen-bond donors (Lipinski definition) is 1. The Morgan fingerprint density at radius 2 is 1.74 bits per heavy atom. The Morgan fingerprint density at radius 3 is 2.35 bits per heavy atom. The van der Waals surface area contributed by atoms with Gasteiger partial charge < -0.3 is 10.2 Å². The molecule has 0 aromatic heterocycles. The van der Waals surface area contributed by atoms with Crippen LogP contribution in [0.15, 0.2) is 47.4 Å². The highest BCUT2D eigenvalue weighted by molar-refractivity contribution is 7.93. The number of nitrogens with zero attached hydrogens (tertiary/aromatic N) is 2. The van der Waals surface area contributed by atoms with Crippen molar-refractivity contribution in [1.29, 1.82) is 0 Å². The van der Waals surface area contributed by atoms with Crippen molar-refractivity contribution < 1.29 is 21.6 Å². The molecule has 5 rings (SSSR count). The van der Waals surface area contributed by atoms with Crippen molar-refractivity contribution in [2.24, 2.45) is 5.41 Å². The van der Waals surface area contributed by atoms with Crippen molar-refractivity contribution in [3.8, 4) is 0 Å². The number of rotatable bonds is 5. The lowest BCUT2D eigenvalue weighted by atomic mass is 9.93. The molecule has 2 saturated heterocycles. The van der Waals surface area contributed by atoms with Crippen LogP contribution in [0, 0.1) is 5.41 Å². The predicted octanol–water partition coefficient (Wildman–Crippen LogP) is 3.26. The molecule has 1 amide bonds. The zero-order chi connectivity index (χ0) is 24.1. The first-order valence-corrected chi connectivity index (χ1v) is 15.1. The lowest BCUT2D eigenvalue weighted by Crippen LogP contribution is -2.36. The average molecular weight is 504 g/mol. The summed E-state index contributed by atoms with van der Waals surface area (Å²) in [6, 6.07) is 11.3. The van der Waals surface area contributed by atoms with Crippen LogP contribution in [0.3, 0.4) is 0 Å². The van der Waals surface area contributed by atoms with Crippen LogP contribution in [0.5, 0.6) is 0 Å². The first-order chi connectivity index (χ1) is 16.1. The van der Waals surface area contributed by atoms with Crippen LogP contribution in [0.1, 0.15) is 42.5 Å². The number of piperidine rings is 1. The van der Waals surface area contributed by atoms with Gasteiger partial charge in [-0.15, -0.1) is 0 Å². The fourth-order valence-electron chi connectivity index (χ4n) is 4.96. The highest BCUT2D eigenvalue weighted by Gasteiger charge is 2.44. The van der Waals surface area contributed by atoms with Crippen LogP contribution in [0.2, 0.25) is 0 Å². The molecule has 0 bridgehead atoms. The van der Waals surface area contributed by atoms with Crippen molar-refractivity contribution in [3.05, 3.63) is 48.0 Å². The van der Waals surface area contributed by atoms with Crippen LogP contribution in [0.4, 0.5) is 17.1 Å². The number of sulfonamides is 1. The Labute approximate surface area is 200 Å². The summed E-state index contributed by atoms with van der Waals surface area (Å²) in [5, 5.41) is 2.82. The number of sulfone groups is 1. The summed E-state index contributed by atoms with van der Waals surface area (Å²) in [7, 11) is -6.74. The molecule has 3 aliphatic rings. The summed E-state index contributed by atoms with van der Waals surface area (Å²) in [4.78, 5) is 15.6. The van der Waals surface area contributed by atoms with Gasteiger partial charge in [0.25, 0.3) is 5.91 Å². The zero-order valence-electron chi connectivity index (χ0n) is 19.2. The van der Waals surface area contributed by atoms with E-state index in [1.807, 2.05) is 6.07 Å². The molecule has 1 saturated carbocycles. The maximum atomic E-state index is 13.3. The third-order valence-electron chi connectivity index (χ3n) is 7.26. The van der Waals surface area contributed by atoms with E-state index in [1.54, 1.807) is 24.3 Å². The van der Waals surface area contributed by atoms with Gasteiger partial charge in [0.15, 0.2) is 9.84 Å². The molecule has 0 atom stereocenters. The molecule has 34 heavy (non-hydrogen) atoms. The fourth-order valence-corrected chi connectivity index (χ4v) is 7.18. The van der Waals surface area contributed by atoms with Crippen molar-refractivity contribution in [2.45, 2.75) is 37.0 Å². The average Bonchev–Trinajstić information content (AvgIpc) is 3.44. The topological polar surface area (TPSA) is 104 Å². The van der Waals surface area contributed by atoms with E-state index in [0.717, 1.165) is 32.2 Å². The van der Waals surface area contributed by atoms with Gasteiger partial charge in [-0.1, -0.05) is 6.07 Å². The predicted molar refractivity (Wildman–Crippen MR) is 133 cm³/mol. The summed E-state index contributed by atoms with van der Waals surface area (Å²) >= 11 is 0. The molecule has 2 aliphatic heterocycles. The molecule has 3 fully saturated rings. The van der Waals surface area contributed by atoms with E-state index in [9.17, 15) is 21.6 Å². The Kier molecular flexibility index (Phi) is 5.63. The molecular weight excluding hydrogens is 474 g/mol. The highest BCUT2D eigenvalue weighted by Crippen LogP contribution is 2.54. The van der Waals surface area contributed by atoms with E-state index in [0.29, 0.717) is 41.0 Å². The second-order valence-electron chi connectivity index (χ2n) is 9.68. The van der Waals surface area contributed by atoms with Crippen molar-refractivity contribution in [2.75, 3.05) is 46.2 Å². The Morgan fingerprint density at radius 1 is 1.00 bits per heavy atom. The number of hydrogen-bond acceptors (Lipinski definition) is 6. The molecule has 182 valence electrons. The highest BCUT2D eigenvalue weighted by atomic mass is 32.2. The smallest absolute Gasteiger partial charge is 0.257 e. The van der Waals surface area contributed by atoms with Crippen LogP contribution in [-0.2, 0) is 19.9 Å². The van der Waals surface area contributed by atoms with E-state index < -0.39 is 19.9 Å². The largest absolute Gasteiger partial charge is 0.371 e. The minimum absolute atomic E-state index is 0.130. The first kappa shape index (κ1) is 23.2. The van der Waals surface area contributed by atoms with Gasteiger partial charge in [-0.05, 0) is 73.9 Å². The van der Waals surface area contributed by atoms with Crippen LogP contribution in [-0.4, -0.2) is 54.4 Å². The van der Waals surface area contributed by atoms with E-state index in [-0.39, 0.29) is 16.6 Å². The molecule has 2 aromatic carbocycles. The molecule has 0 radical (unpaired) electrons. The molecular formula is C24H29N3O5S2. The van der Waals surface area contributed by atoms with Gasteiger partial charge in [-0.25, -0.2) is 16.8 Å². The van der Waals surface area contributed by atoms with Crippen molar-refractivity contribution in [1.82, 2.24) is 0 Å². The van der Waals surface area contributed by atoms with Crippen LogP contribution < -0.4 is 14.5 Å². The maximum Gasteiger partial charge on any atom is 0.257 e. The zero-order valence-corrected chi connectivity index (χ0v) is 20.8. The van der Waals surface area contributed by atoms with E-state index in [2.05, 4.69) is 10.2 Å². The van der Waals surface area contributed by atoms with Gasteiger partial charge in [0.2, 0.25) is 10.0 Å². The fraction of sp³-hybridized carbons (Fsp3) is 0.458. The molecule has 8 nitrogen and oxygen atoms in total. The molecule has 1 aliphatic carbocycles. The van der Waals surface area contributed by atoms with E-state index in [4.69, 9.17) is 0 Å². The number of amides is 1. The number of carbonyl (C=O) groups excluding carboxylic acids is 1. The lowest BCUT2D eigenvalue weighted by Gasteiger charge is -2.35. The normalized spacial score (nSPS) is 21.0. The summed E-state index contributed by atoms with van der Waals surface area (Å²) in [6.45, 7) is 2.08. The van der Waals surface area contributed by atoms with Gasteiger partial charge in [-0.3, -0.25) is 9.10 Å². The minimum atomic E-state index is -3.40. The van der Waals surface area contributed by atoms with Gasteiger partial charge in [0, 0.05) is 31.6 Å². The Hall–Kier alpha value is -2.59. The monoisotopic (exact) mass is 503 g/mol. The first-order valence-electron chi connectivity index (χ1n) is 11.6. The number of carbonyl (C=O) groups is 1. The second-order valence-corrected chi connectivity index (χ2v) is 13.7. The Balaban J connectivity index is 1.47. The second kappa shape index (κ2) is 8.27. The molecule has 2 aromatic rings. The molecule has 1 N–H and O–H groups in total. The SMILES string of the molecule is CS(=O)(=O)c1cccc(NC(=O)c2ccc(N3CCCS3(=O)=O)cc2N2CCC3(CC2)CC3)c1. The number of anilines is 3. The van der Waals surface area contributed by atoms with Gasteiger partial charge in [-0.2, -0.15) is 0 Å². The third kappa shape index (κ3) is 4.53. The number of nitrogens with one attached hydrogen (secondary N) is 1. The quantitative estimate of drug-likeness (QED) is 0.672. The molecule has 10 heteroatoms. The van der Waals surface area contributed by atoms with Gasteiger partial charge in [0.05, 0.1) is 27.6 Å². The van der Waals surface area contributed by atoms with Crippen LogP contribution >= 0.6 is 0 Å². The summed E-state index contributed by atoms with van der Waals surface area (Å²) in [5.41, 5.74) is 2.58. The minimum Gasteiger partial charge on any atom is -0.371 e. The maximum absolute atomic E-state index is 13.3. The van der Waals surface area contributed by atoms with Crippen LogP contribution in [0.25, 0.3) is 0 Å². The molecule has 0 unspecified atom stereocenters. The van der Waals surface area contributed by atoms with E-state index >= 15 is 0 Å². The van der Waals surface area contributed by atoms with Crippen molar-refractivity contribution in [3.63, 3.8) is 0 Å². The standard InChI is InChI=1S/C24H29N3O5S2/c1-33(29,30)20-5-2-4-18(16-20)25-23(28)21-7-6-19(27-12-3-15-34(27,31)32)17-22(21)26-13-10-24(8-9-24)11-14-26/h2,4-7,16-17H,3,8-15H2,1H3,(H,25,28). The lowest BCUT2D eigenvalue weighted by molar-refractivity contribution is 0.102. The third-order valence-corrected chi connectivity index (χ3v) is 10.2.